The largest absolute Gasteiger partial charge is 0.484 e. The van der Waals surface area contributed by atoms with Crippen molar-refractivity contribution in [1.29, 1.82) is 0 Å². The molecule has 0 spiro atoms. The molecule has 134 valence electrons. The monoisotopic (exact) mass is 354 g/mol. The van der Waals surface area contributed by atoms with Gasteiger partial charge in [0.2, 0.25) is 0 Å². The van der Waals surface area contributed by atoms with Crippen molar-refractivity contribution < 1.29 is 13.9 Å². The number of nitrogens with one attached hydrogen (secondary N) is 1. The van der Waals surface area contributed by atoms with E-state index in [9.17, 15) is 9.18 Å². The number of ether oxygens (including phenoxy) is 1. The lowest BCUT2D eigenvalue weighted by molar-refractivity contribution is 0.0791. The molecular weight excluding hydrogens is 335 g/mol. The molecule has 0 saturated heterocycles. The maximum atomic E-state index is 13.5. The Labute approximate surface area is 150 Å². The summed E-state index contributed by atoms with van der Waals surface area (Å²) in [6, 6.07) is 11.6. The third kappa shape index (κ3) is 4.44. The second-order valence-corrected chi connectivity index (χ2v) is 5.83. The number of aromatic amines is 1. The SMILES string of the molecule is CN(CCc1ccncc1)C(=O)c1cc(COc2ccccc2F)[nH]n1. The second-order valence-electron chi connectivity index (χ2n) is 5.83. The van der Waals surface area contributed by atoms with Crippen LogP contribution in [0.5, 0.6) is 5.75 Å². The topological polar surface area (TPSA) is 71.1 Å². The van der Waals surface area contributed by atoms with E-state index in [0.717, 1.165) is 12.0 Å². The molecule has 0 fully saturated rings. The molecule has 3 aromatic rings. The molecular formula is C19H19FN4O2. The Kier molecular flexibility index (Phi) is 5.58. The highest BCUT2D eigenvalue weighted by atomic mass is 19.1. The number of rotatable bonds is 7. The Morgan fingerprint density at radius 3 is 2.77 bits per heavy atom. The van der Waals surface area contributed by atoms with E-state index in [0.29, 0.717) is 17.9 Å². The summed E-state index contributed by atoms with van der Waals surface area (Å²) < 4.78 is 18.9. The quantitative estimate of drug-likeness (QED) is 0.708. The first-order valence-electron chi connectivity index (χ1n) is 8.19. The van der Waals surface area contributed by atoms with Gasteiger partial charge in [-0.05, 0) is 42.3 Å². The van der Waals surface area contributed by atoms with Gasteiger partial charge in [0.25, 0.3) is 5.91 Å². The minimum atomic E-state index is -0.431. The molecule has 6 nitrogen and oxygen atoms in total. The van der Waals surface area contributed by atoms with Gasteiger partial charge in [-0.25, -0.2) is 4.39 Å². The molecule has 1 amide bonds. The summed E-state index contributed by atoms with van der Waals surface area (Å²) in [5, 5.41) is 6.78. The van der Waals surface area contributed by atoms with Crippen molar-refractivity contribution in [2.24, 2.45) is 0 Å². The number of aromatic nitrogens is 3. The van der Waals surface area contributed by atoms with E-state index in [-0.39, 0.29) is 18.3 Å². The highest BCUT2D eigenvalue weighted by Gasteiger charge is 2.15. The number of carbonyl (C=O) groups is 1. The predicted molar refractivity (Wildman–Crippen MR) is 94.2 cm³/mol. The van der Waals surface area contributed by atoms with Gasteiger partial charge in [-0.3, -0.25) is 14.9 Å². The van der Waals surface area contributed by atoms with Crippen molar-refractivity contribution in [3.8, 4) is 5.75 Å². The predicted octanol–water partition coefficient (Wildman–Crippen LogP) is 2.84. The molecule has 0 bridgehead atoms. The molecule has 1 aromatic carbocycles. The number of carbonyl (C=O) groups excluding carboxylic acids is 1. The summed E-state index contributed by atoms with van der Waals surface area (Å²) in [6.07, 6.45) is 4.19. The van der Waals surface area contributed by atoms with Gasteiger partial charge in [0.05, 0.1) is 5.69 Å². The van der Waals surface area contributed by atoms with E-state index >= 15 is 0 Å². The van der Waals surface area contributed by atoms with E-state index in [1.807, 2.05) is 12.1 Å². The number of hydrogen-bond acceptors (Lipinski definition) is 4. The number of nitrogens with zero attached hydrogens (tertiary/aromatic N) is 3. The van der Waals surface area contributed by atoms with Crippen molar-refractivity contribution in [1.82, 2.24) is 20.1 Å². The van der Waals surface area contributed by atoms with Crippen LogP contribution in [0.1, 0.15) is 21.7 Å². The molecule has 0 unspecified atom stereocenters. The fourth-order valence-corrected chi connectivity index (χ4v) is 2.41. The third-order valence-corrected chi connectivity index (χ3v) is 3.90. The first-order valence-corrected chi connectivity index (χ1v) is 8.19. The molecule has 3 rings (SSSR count). The number of amides is 1. The van der Waals surface area contributed by atoms with Crippen LogP contribution in [0.3, 0.4) is 0 Å². The summed E-state index contributed by atoms with van der Waals surface area (Å²) >= 11 is 0. The van der Waals surface area contributed by atoms with Gasteiger partial charge in [0.1, 0.15) is 6.61 Å². The Morgan fingerprint density at radius 2 is 2.00 bits per heavy atom. The molecule has 2 heterocycles. The summed E-state index contributed by atoms with van der Waals surface area (Å²) in [4.78, 5) is 18.0. The molecule has 2 aromatic heterocycles. The van der Waals surface area contributed by atoms with Crippen LogP contribution >= 0.6 is 0 Å². The first-order chi connectivity index (χ1) is 12.6. The highest BCUT2D eigenvalue weighted by molar-refractivity contribution is 5.92. The van der Waals surface area contributed by atoms with Crippen molar-refractivity contribution >= 4 is 5.91 Å². The van der Waals surface area contributed by atoms with Gasteiger partial charge in [-0.1, -0.05) is 12.1 Å². The van der Waals surface area contributed by atoms with Crippen LogP contribution in [0.4, 0.5) is 4.39 Å². The lowest BCUT2D eigenvalue weighted by atomic mass is 10.2. The molecule has 0 saturated carbocycles. The zero-order chi connectivity index (χ0) is 18.4. The molecule has 26 heavy (non-hydrogen) atoms. The summed E-state index contributed by atoms with van der Waals surface area (Å²) in [7, 11) is 1.73. The average molecular weight is 354 g/mol. The van der Waals surface area contributed by atoms with Gasteiger partial charge >= 0.3 is 0 Å². The lowest BCUT2D eigenvalue weighted by Gasteiger charge is -2.15. The van der Waals surface area contributed by atoms with E-state index in [4.69, 9.17) is 4.74 Å². The van der Waals surface area contributed by atoms with Crippen molar-refractivity contribution in [3.05, 3.63) is 77.6 Å². The van der Waals surface area contributed by atoms with Crippen molar-refractivity contribution in [2.45, 2.75) is 13.0 Å². The molecule has 0 radical (unpaired) electrons. The average Bonchev–Trinajstić information content (AvgIpc) is 3.14. The summed E-state index contributed by atoms with van der Waals surface area (Å²) in [5.74, 6) is -0.462. The van der Waals surface area contributed by atoms with Crippen LogP contribution in [-0.2, 0) is 13.0 Å². The lowest BCUT2D eigenvalue weighted by Crippen LogP contribution is -2.29. The van der Waals surface area contributed by atoms with Crippen LogP contribution in [0.25, 0.3) is 0 Å². The number of hydrogen-bond donors (Lipinski definition) is 1. The zero-order valence-electron chi connectivity index (χ0n) is 14.4. The number of pyridine rings is 1. The number of H-pyrrole nitrogens is 1. The Bertz CT molecular complexity index is 867. The summed E-state index contributed by atoms with van der Waals surface area (Å²) in [5.41, 5.74) is 2.01. The Balaban J connectivity index is 1.54. The fraction of sp³-hybridized carbons (Fsp3) is 0.211. The van der Waals surface area contributed by atoms with E-state index in [1.165, 1.54) is 6.07 Å². The third-order valence-electron chi connectivity index (χ3n) is 3.90. The van der Waals surface area contributed by atoms with Gasteiger partial charge in [-0.2, -0.15) is 5.10 Å². The molecule has 1 N–H and O–H groups in total. The Morgan fingerprint density at radius 1 is 1.23 bits per heavy atom. The van der Waals surface area contributed by atoms with Crippen LogP contribution in [0.2, 0.25) is 0 Å². The Hall–Kier alpha value is -3.22. The first kappa shape index (κ1) is 17.6. The molecule has 0 atom stereocenters. The molecule has 0 aliphatic rings. The zero-order valence-corrected chi connectivity index (χ0v) is 14.4. The van der Waals surface area contributed by atoms with Crippen LogP contribution < -0.4 is 4.74 Å². The van der Waals surface area contributed by atoms with Gasteiger partial charge < -0.3 is 9.64 Å². The molecule has 0 aliphatic heterocycles. The number of benzene rings is 1. The molecule has 0 aliphatic carbocycles. The van der Waals surface area contributed by atoms with Gasteiger partial charge in [0.15, 0.2) is 17.3 Å². The van der Waals surface area contributed by atoms with Crippen molar-refractivity contribution in [3.63, 3.8) is 0 Å². The maximum Gasteiger partial charge on any atom is 0.274 e. The standard InChI is InChI=1S/C19H19FN4O2/c1-24(11-8-14-6-9-21-10-7-14)19(25)17-12-15(22-23-17)13-26-18-5-3-2-4-16(18)20/h2-7,9-10,12H,8,11,13H2,1H3,(H,22,23). The minimum Gasteiger partial charge on any atom is -0.484 e. The smallest absolute Gasteiger partial charge is 0.274 e. The van der Waals surface area contributed by atoms with Crippen LogP contribution in [0, 0.1) is 5.82 Å². The maximum absolute atomic E-state index is 13.5. The normalized spacial score (nSPS) is 10.5. The van der Waals surface area contributed by atoms with E-state index in [1.54, 1.807) is 48.6 Å². The number of likely N-dealkylation sites (N-methyl/N-ethyl adjacent to an activating group) is 1. The number of halogens is 1. The number of para-hydroxylation sites is 1. The minimum absolute atomic E-state index is 0.0991. The summed E-state index contributed by atoms with van der Waals surface area (Å²) in [6.45, 7) is 0.665. The fourth-order valence-electron chi connectivity index (χ4n) is 2.41. The van der Waals surface area contributed by atoms with Crippen molar-refractivity contribution in [2.75, 3.05) is 13.6 Å². The van der Waals surface area contributed by atoms with Crippen LogP contribution in [0.15, 0.2) is 54.9 Å². The van der Waals surface area contributed by atoms with Gasteiger partial charge in [0, 0.05) is 26.0 Å². The van der Waals surface area contributed by atoms with Crippen LogP contribution in [-0.4, -0.2) is 39.6 Å². The van der Waals surface area contributed by atoms with E-state index in [2.05, 4.69) is 15.2 Å². The van der Waals surface area contributed by atoms with E-state index < -0.39 is 5.82 Å². The highest BCUT2D eigenvalue weighted by Crippen LogP contribution is 2.17. The second kappa shape index (κ2) is 8.24. The van der Waals surface area contributed by atoms with Gasteiger partial charge in [-0.15, -0.1) is 0 Å². The molecule has 7 heteroatoms.